The lowest BCUT2D eigenvalue weighted by Crippen LogP contribution is -2.30. The highest BCUT2D eigenvalue weighted by Gasteiger charge is 2.28. The number of rotatable bonds is 16. The third-order valence-corrected chi connectivity index (χ3v) is 4.88. The van der Waals surface area contributed by atoms with Crippen molar-refractivity contribution in [3.8, 4) is 0 Å². The highest BCUT2D eigenvalue weighted by Crippen LogP contribution is 2.24. The summed E-state index contributed by atoms with van der Waals surface area (Å²) in [6.07, 6.45) is 16.7. The monoisotopic (exact) mass is 351 g/mol. The van der Waals surface area contributed by atoms with Crippen molar-refractivity contribution < 1.29 is 4.79 Å². The summed E-state index contributed by atoms with van der Waals surface area (Å²) in [6.45, 7) is 8.41. The van der Waals surface area contributed by atoms with Gasteiger partial charge in [0.05, 0.1) is 0 Å². The molecule has 1 unspecified atom stereocenters. The second-order valence-corrected chi connectivity index (χ2v) is 8.40. The van der Waals surface area contributed by atoms with Crippen molar-refractivity contribution in [3.63, 3.8) is 0 Å². The maximum absolute atomic E-state index is 12.4. The highest BCUT2D eigenvalue weighted by atomic mass is 16.1. The third kappa shape index (κ3) is 13.9. The van der Waals surface area contributed by atoms with E-state index in [1.807, 2.05) is 20.8 Å². The molecule has 0 N–H and O–H groups in total. The van der Waals surface area contributed by atoms with Gasteiger partial charge in [0.1, 0.15) is 5.78 Å². The van der Waals surface area contributed by atoms with E-state index in [1.165, 1.54) is 70.6 Å². The molecule has 0 aromatic carbocycles. The van der Waals surface area contributed by atoms with E-state index in [2.05, 4.69) is 16.9 Å². The number of carbonyl (C=O) groups is 1. The quantitative estimate of drug-likeness (QED) is 0.122. The summed E-state index contributed by atoms with van der Waals surface area (Å²) < 4.78 is 0. The van der Waals surface area contributed by atoms with Crippen molar-refractivity contribution >= 4 is 5.78 Å². The number of nitrogens with zero attached hydrogens (tertiary/aromatic N) is 3. The summed E-state index contributed by atoms with van der Waals surface area (Å²) in [7, 11) is 0. The van der Waals surface area contributed by atoms with Gasteiger partial charge in [-0.05, 0) is 12.0 Å². The zero-order chi connectivity index (χ0) is 19.0. The molecule has 25 heavy (non-hydrogen) atoms. The highest BCUT2D eigenvalue weighted by molar-refractivity contribution is 5.86. The fraction of sp³-hybridized carbons (Fsp3) is 0.952. The largest absolute Gasteiger partial charge is 0.299 e. The minimum atomic E-state index is -0.354. The Morgan fingerprint density at radius 2 is 1.32 bits per heavy atom. The van der Waals surface area contributed by atoms with Crippen LogP contribution in [0.4, 0.5) is 0 Å². The van der Waals surface area contributed by atoms with Crippen molar-refractivity contribution in [3.05, 3.63) is 10.4 Å². The smallest absolute Gasteiger partial charge is 0.141 e. The van der Waals surface area contributed by atoms with Gasteiger partial charge in [-0.1, -0.05) is 110 Å². The molecule has 0 aliphatic carbocycles. The van der Waals surface area contributed by atoms with Crippen LogP contribution in [-0.4, -0.2) is 12.3 Å². The number of unbranched alkanes of at least 4 members (excludes halogenated alkanes) is 11. The molecular weight excluding hydrogens is 310 g/mol. The molecule has 0 heterocycles. The first-order chi connectivity index (χ1) is 11.9. The van der Waals surface area contributed by atoms with Crippen LogP contribution in [0.2, 0.25) is 0 Å². The molecule has 0 saturated carbocycles. The summed E-state index contributed by atoms with van der Waals surface area (Å²) in [5, 5.41) is 3.64. The molecule has 0 rings (SSSR count). The van der Waals surface area contributed by atoms with Crippen LogP contribution in [-0.2, 0) is 4.79 Å². The van der Waals surface area contributed by atoms with E-state index in [-0.39, 0.29) is 17.1 Å². The number of hydrogen-bond acceptors (Lipinski definition) is 2. The normalized spacial score (nSPS) is 12.6. The summed E-state index contributed by atoms with van der Waals surface area (Å²) in [4.78, 5) is 15.2. The first-order valence-electron chi connectivity index (χ1n) is 10.5. The third-order valence-electron chi connectivity index (χ3n) is 4.88. The predicted octanol–water partition coefficient (Wildman–Crippen LogP) is 7.62. The van der Waals surface area contributed by atoms with Gasteiger partial charge in [0, 0.05) is 22.8 Å². The van der Waals surface area contributed by atoms with Crippen molar-refractivity contribution in [2.45, 2.75) is 111 Å². The Morgan fingerprint density at radius 1 is 0.880 bits per heavy atom. The molecule has 0 amide bonds. The summed E-state index contributed by atoms with van der Waals surface area (Å²) >= 11 is 0. The van der Waals surface area contributed by atoms with E-state index >= 15 is 0 Å². The summed E-state index contributed by atoms with van der Waals surface area (Å²) in [5.41, 5.74) is 8.17. The molecule has 0 aliphatic rings. The molecule has 0 fully saturated rings. The van der Waals surface area contributed by atoms with Gasteiger partial charge in [0.2, 0.25) is 0 Å². The van der Waals surface area contributed by atoms with Crippen LogP contribution in [0.5, 0.6) is 0 Å². The Bertz CT molecular complexity index is 381. The maximum Gasteiger partial charge on any atom is 0.141 e. The standard InChI is InChI=1S/C21H41N3O/c1-5-6-7-8-9-10-11-12-13-14-15-16-17-19(18-23-24-22)20(25)21(2,3)4/h19H,5-18H2,1-4H3. The second kappa shape index (κ2) is 15.3. The van der Waals surface area contributed by atoms with Crippen molar-refractivity contribution in [1.82, 2.24) is 0 Å². The minimum Gasteiger partial charge on any atom is -0.299 e. The minimum absolute atomic E-state index is 0.112. The Labute approximate surface area is 155 Å². The van der Waals surface area contributed by atoms with Gasteiger partial charge in [-0.15, -0.1) is 0 Å². The van der Waals surface area contributed by atoms with Crippen LogP contribution < -0.4 is 0 Å². The number of ketones is 1. The van der Waals surface area contributed by atoms with Crippen LogP contribution in [0, 0.1) is 11.3 Å². The lowest BCUT2D eigenvalue weighted by Gasteiger charge is -2.23. The topological polar surface area (TPSA) is 65.8 Å². The van der Waals surface area contributed by atoms with Crippen LogP contribution >= 0.6 is 0 Å². The van der Waals surface area contributed by atoms with Crippen LogP contribution in [0.1, 0.15) is 111 Å². The molecule has 4 nitrogen and oxygen atoms in total. The first-order valence-corrected chi connectivity index (χ1v) is 10.5. The van der Waals surface area contributed by atoms with Gasteiger partial charge in [0.15, 0.2) is 0 Å². The molecule has 0 bridgehead atoms. The van der Waals surface area contributed by atoms with Crippen molar-refractivity contribution in [2.75, 3.05) is 6.54 Å². The maximum atomic E-state index is 12.4. The van der Waals surface area contributed by atoms with E-state index in [4.69, 9.17) is 5.53 Å². The van der Waals surface area contributed by atoms with Crippen LogP contribution in [0.15, 0.2) is 5.11 Å². The van der Waals surface area contributed by atoms with Gasteiger partial charge < -0.3 is 0 Å². The fourth-order valence-corrected chi connectivity index (χ4v) is 3.28. The Morgan fingerprint density at radius 3 is 1.72 bits per heavy atom. The van der Waals surface area contributed by atoms with Crippen molar-refractivity contribution in [2.24, 2.45) is 16.4 Å². The van der Waals surface area contributed by atoms with E-state index in [9.17, 15) is 4.79 Å². The molecule has 0 radical (unpaired) electrons. The average Bonchev–Trinajstić information content (AvgIpc) is 2.57. The molecule has 0 saturated heterocycles. The Kier molecular flexibility index (Phi) is 14.6. The number of azide groups is 1. The Balaban J connectivity index is 3.71. The molecule has 146 valence electrons. The van der Waals surface area contributed by atoms with Gasteiger partial charge >= 0.3 is 0 Å². The van der Waals surface area contributed by atoms with Gasteiger partial charge in [-0.25, -0.2) is 0 Å². The SMILES string of the molecule is CCCCCCCCCCCCCCC(CN=[N+]=[N-])C(=O)C(C)(C)C. The fourth-order valence-electron chi connectivity index (χ4n) is 3.28. The predicted molar refractivity (Wildman–Crippen MR) is 108 cm³/mol. The van der Waals surface area contributed by atoms with E-state index in [0.29, 0.717) is 6.54 Å². The van der Waals surface area contributed by atoms with Crippen LogP contribution in [0.3, 0.4) is 0 Å². The number of hydrogen-bond donors (Lipinski definition) is 0. The van der Waals surface area contributed by atoms with Gasteiger partial charge in [-0.2, -0.15) is 0 Å². The van der Waals surface area contributed by atoms with Crippen molar-refractivity contribution in [1.29, 1.82) is 0 Å². The van der Waals surface area contributed by atoms with E-state index < -0.39 is 0 Å². The number of carbonyl (C=O) groups excluding carboxylic acids is 1. The Hall–Kier alpha value is -1.02. The molecule has 0 spiro atoms. The second-order valence-electron chi connectivity index (χ2n) is 8.40. The zero-order valence-electron chi connectivity index (χ0n) is 17.2. The van der Waals surface area contributed by atoms with Gasteiger partial charge in [-0.3, -0.25) is 4.79 Å². The molecule has 0 aromatic rings. The summed E-state index contributed by atoms with van der Waals surface area (Å²) in [5.74, 6) is 0.113. The summed E-state index contributed by atoms with van der Waals surface area (Å²) in [6, 6.07) is 0. The molecule has 1 atom stereocenters. The lowest BCUT2D eigenvalue weighted by atomic mass is 9.81. The molecule has 0 aliphatic heterocycles. The van der Waals surface area contributed by atoms with E-state index in [0.717, 1.165) is 12.8 Å². The molecule has 4 heteroatoms. The van der Waals surface area contributed by atoms with Gasteiger partial charge in [0.25, 0.3) is 0 Å². The van der Waals surface area contributed by atoms with E-state index in [1.54, 1.807) is 0 Å². The molecular formula is C21H41N3O. The van der Waals surface area contributed by atoms with Crippen LogP contribution in [0.25, 0.3) is 10.4 Å². The lowest BCUT2D eigenvalue weighted by molar-refractivity contribution is -0.130. The average molecular weight is 352 g/mol. The first kappa shape index (κ1) is 24.0. The number of Topliss-reactive ketones (excluding diaryl/α,β-unsaturated/α-hetero) is 1. The molecule has 0 aromatic heterocycles. The zero-order valence-corrected chi connectivity index (χ0v) is 17.2.